The molecule has 0 aliphatic carbocycles. The first-order chi connectivity index (χ1) is 9.54. The predicted molar refractivity (Wildman–Crippen MR) is 76.3 cm³/mol. The van der Waals surface area contributed by atoms with Gasteiger partial charge in [0.1, 0.15) is 6.17 Å². The van der Waals surface area contributed by atoms with Crippen LogP contribution in [0.3, 0.4) is 0 Å². The zero-order chi connectivity index (χ0) is 14.3. The number of thiophene rings is 1. The van der Waals surface area contributed by atoms with Gasteiger partial charge in [-0.25, -0.2) is 0 Å². The van der Waals surface area contributed by atoms with Crippen molar-refractivity contribution in [3.63, 3.8) is 0 Å². The van der Waals surface area contributed by atoms with Crippen molar-refractivity contribution >= 4 is 39.5 Å². The van der Waals surface area contributed by atoms with E-state index in [4.69, 9.17) is 11.6 Å². The van der Waals surface area contributed by atoms with Crippen molar-refractivity contribution < 1.29 is 9.72 Å². The van der Waals surface area contributed by atoms with E-state index in [0.717, 1.165) is 11.3 Å². The summed E-state index contributed by atoms with van der Waals surface area (Å²) in [7, 11) is 0. The molecule has 1 aliphatic rings. The van der Waals surface area contributed by atoms with Crippen LogP contribution in [0.2, 0.25) is 5.02 Å². The predicted octanol–water partition coefficient (Wildman–Crippen LogP) is 3.16. The van der Waals surface area contributed by atoms with Gasteiger partial charge in [-0.05, 0) is 24.3 Å². The Labute approximate surface area is 122 Å². The first kappa shape index (κ1) is 12.9. The Kier molecular flexibility index (Phi) is 3.07. The van der Waals surface area contributed by atoms with Crippen LogP contribution in [-0.4, -0.2) is 10.8 Å². The number of fused-ring (bicyclic) bond motifs is 1. The number of anilines is 1. The lowest BCUT2D eigenvalue weighted by Gasteiger charge is -2.27. The summed E-state index contributed by atoms with van der Waals surface area (Å²) in [5.41, 5.74) is 1.11. The SMILES string of the molecule is O=C1N[C@H](c2ccc([N+](=O)[O-])s2)Nc2ccc(Cl)cc21. The van der Waals surface area contributed by atoms with Crippen LogP contribution in [0.15, 0.2) is 30.3 Å². The van der Waals surface area contributed by atoms with Crippen LogP contribution >= 0.6 is 22.9 Å². The maximum Gasteiger partial charge on any atom is 0.324 e. The van der Waals surface area contributed by atoms with E-state index in [1.807, 2.05) is 0 Å². The average Bonchev–Trinajstić information content (AvgIpc) is 2.89. The molecule has 0 radical (unpaired) electrons. The Bertz CT molecular complexity index is 716. The molecule has 8 heteroatoms. The molecule has 2 aromatic rings. The van der Waals surface area contributed by atoms with Gasteiger partial charge in [0.25, 0.3) is 5.91 Å². The number of rotatable bonds is 2. The van der Waals surface area contributed by atoms with Crippen molar-refractivity contribution in [3.05, 3.63) is 55.9 Å². The van der Waals surface area contributed by atoms with Crippen LogP contribution in [0.1, 0.15) is 21.4 Å². The number of halogens is 1. The molecule has 2 N–H and O–H groups in total. The Morgan fingerprint density at radius 3 is 2.75 bits per heavy atom. The number of nitro groups is 1. The van der Waals surface area contributed by atoms with E-state index < -0.39 is 11.1 Å². The van der Waals surface area contributed by atoms with Gasteiger partial charge in [-0.1, -0.05) is 22.9 Å². The van der Waals surface area contributed by atoms with E-state index >= 15 is 0 Å². The van der Waals surface area contributed by atoms with Gasteiger partial charge in [0.15, 0.2) is 0 Å². The van der Waals surface area contributed by atoms with Gasteiger partial charge in [-0.3, -0.25) is 14.9 Å². The molecule has 2 heterocycles. The second kappa shape index (κ2) is 4.77. The molecule has 0 fully saturated rings. The third-order valence-corrected chi connectivity index (χ3v) is 4.22. The lowest BCUT2D eigenvalue weighted by Crippen LogP contribution is -2.37. The number of carbonyl (C=O) groups is 1. The third-order valence-electron chi connectivity index (χ3n) is 2.88. The fourth-order valence-electron chi connectivity index (χ4n) is 1.97. The number of hydrogen-bond acceptors (Lipinski definition) is 5. The summed E-state index contributed by atoms with van der Waals surface area (Å²) < 4.78 is 0. The molecule has 1 aromatic carbocycles. The van der Waals surface area contributed by atoms with Gasteiger partial charge < -0.3 is 10.6 Å². The summed E-state index contributed by atoms with van der Waals surface area (Å²) in [5.74, 6) is -0.262. The summed E-state index contributed by atoms with van der Waals surface area (Å²) >= 11 is 6.88. The standard InChI is InChI=1S/C12H8ClN3O3S/c13-6-1-2-8-7(5-6)12(17)15-11(14-8)9-3-4-10(20-9)16(18)19/h1-5,11,14H,(H,15,17)/t11-/m1/s1. The van der Waals surface area contributed by atoms with E-state index in [9.17, 15) is 14.9 Å². The second-order valence-electron chi connectivity index (χ2n) is 4.17. The molecule has 6 nitrogen and oxygen atoms in total. The molecule has 0 bridgehead atoms. The van der Waals surface area contributed by atoms with Gasteiger partial charge in [0.2, 0.25) is 0 Å². The maximum atomic E-state index is 12.0. The Morgan fingerprint density at radius 2 is 2.05 bits per heavy atom. The summed E-state index contributed by atoms with van der Waals surface area (Å²) in [5, 5.41) is 17.1. The molecular weight excluding hydrogens is 302 g/mol. The van der Waals surface area contributed by atoms with Crippen LogP contribution in [0.25, 0.3) is 0 Å². The Hall–Kier alpha value is -2.12. The minimum atomic E-state index is -0.477. The van der Waals surface area contributed by atoms with Crippen molar-refractivity contribution in [2.45, 2.75) is 6.17 Å². The van der Waals surface area contributed by atoms with E-state index in [-0.39, 0.29) is 10.9 Å². The van der Waals surface area contributed by atoms with Crippen molar-refractivity contribution in [2.75, 3.05) is 5.32 Å². The summed E-state index contributed by atoms with van der Waals surface area (Å²) in [6.45, 7) is 0. The van der Waals surface area contributed by atoms with E-state index in [0.29, 0.717) is 21.2 Å². The lowest BCUT2D eigenvalue weighted by atomic mass is 10.1. The highest BCUT2D eigenvalue weighted by atomic mass is 35.5. The number of nitrogens with zero attached hydrogens (tertiary/aromatic N) is 1. The van der Waals surface area contributed by atoms with Crippen LogP contribution in [0.4, 0.5) is 10.7 Å². The zero-order valence-corrected chi connectivity index (χ0v) is 11.5. The van der Waals surface area contributed by atoms with E-state index in [2.05, 4.69) is 10.6 Å². The van der Waals surface area contributed by atoms with Gasteiger partial charge in [-0.2, -0.15) is 0 Å². The van der Waals surface area contributed by atoms with E-state index in [1.165, 1.54) is 6.07 Å². The van der Waals surface area contributed by atoms with E-state index in [1.54, 1.807) is 24.3 Å². The molecule has 1 amide bonds. The van der Waals surface area contributed by atoms with Crippen molar-refractivity contribution in [1.29, 1.82) is 0 Å². The molecule has 3 rings (SSSR count). The van der Waals surface area contributed by atoms with Gasteiger partial charge in [0, 0.05) is 16.8 Å². The first-order valence-corrected chi connectivity index (χ1v) is 6.85. The van der Waals surface area contributed by atoms with Gasteiger partial charge >= 0.3 is 5.00 Å². The summed E-state index contributed by atoms with van der Waals surface area (Å²) in [6.07, 6.45) is -0.477. The lowest BCUT2D eigenvalue weighted by molar-refractivity contribution is -0.380. The monoisotopic (exact) mass is 309 g/mol. The number of hydrogen-bond donors (Lipinski definition) is 2. The van der Waals surface area contributed by atoms with Crippen LogP contribution in [0.5, 0.6) is 0 Å². The van der Waals surface area contributed by atoms with Gasteiger partial charge in [-0.15, -0.1) is 0 Å². The molecule has 20 heavy (non-hydrogen) atoms. The smallest absolute Gasteiger partial charge is 0.324 e. The fraction of sp³-hybridized carbons (Fsp3) is 0.0833. The first-order valence-electron chi connectivity index (χ1n) is 5.65. The highest BCUT2D eigenvalue weighted by molar-refractivity contribution is 7.15. The molecule has 0 saturated heterocycles. The quantitative estimate of drug-likeness (QED) is 0.659. The minimum Gasteiger partial charge on any atom is -0.360 e. The molecular formula is C12H8ClN3O3S. The van der Waals surface area contributed by atoms with Crippen LogP contribution < -0.4 is 10.6 Å². The molecule has 0 saturated carbocycles. The molecule has 1 aliphatic heterocycles. The van der Waals surface area contributed by atoms with Crippen molar-refractivity contribution in [3.8, 4) is 0 Å². The minimum absolute atomic E-state index is 0.0398. The van der Waals surface area contributed by atoms with Crippen LogP contribution in [-0.2, 0) is 0 Å². The average molecular weight is 310 g/mol. The highest BCUT2D eigenvalue weighted by Crippen LogP contribution is 2.33. The molecule has 0 spiro atoms. The summed E-state index contributed by atoms with van der Waals surface area (Å²) in [6, 6.07) is 8.02. The molecule has 0 unspecified atom stereocenters. The highest BCUT2D eigenvalue weighted by Gasteiger charge is 2.26. The number of benzene rings is 1. The maximum absolute atomic E-state index is 12.0. The number of carbonyl (C=O) groups excluding carboxylic acids is 1. The third kappa shape index (κ3) is 2.21. The van der Waals surface area contributed by atoms with Crippen molar-refractivity contribution in [1.82, 2.24) is 5.32 Å². The fourth-order valence-corrected chi connectivity index (χ4v) is 2.96. The largest absolute Gasteiger partial charge is 0.360 e. The van der Waals surface area contributed by atoms with Crippen LogP contribution in [0, 0.1) is 10.1 Å². The topological polar surface area (TPSA) is 84.3 Å². The molecule has 102 valence electrons. The van der Waals surface area contributed by atoms with Crippen molar-refractivity contribution in [2.24, 2.45) is 0 Å². The van der Waals surface area contributed by atoms with Gasteiger partial charge in [0.05, 0.1) is 15.4 Å². The normalized spacial score (nSPS) is 17.1. The molecule has 1 aromatic heterocycles. The summed E-state index contributed by atoms with van der Waals surface area (Å²) in [4.78, 5) is 22.9. The Balaban J connectivity index is 1.92. The zero-order valence-electron chi connectivity index (χ0n) is 9.92. The number of nitrogens with one attached hydrogen (secondary N) is 2. The number of amides is 1. The molecule has 1 atom stereocenters. The second-order valence-corrected chi connectivity index (χ2v) is 5.70. The Morgan fingerprint density at radius 1 is 1.25 bits per heavy atom.